The van der Waals surface area contributed by atoms with E-state index in [-0.39, 0.29) is 21.4 Å². The average Bonchev–Trinajstić information content (AvgIpc) is 2.59. The Bertz CT molecular complexity index is 1300. The standard InChI is InChI=1S/C18H16N2O6S2/c1-27(22,23)15-8-12-4-7-14(9-16(12)17(10-15)28(24,25)26)20-18(21)11-2-5-13(19)6-3-11/h2-10H,19H2,1H3,(H,20,21)(H,24,25,26). The number of carbonyl (C=O) groups excluding carboxylic acids is 1. The Hall–Kier alpha value is -2.95. The lowest BCUT2D eigenvalue weighted by Crippen LogP contribution is -2.12. The van der Waals surface area contributed by atoms with E-state index in [1.165, 1.54) is 36.4 Å². The van der Waals surface area contributed by atoms with Crippen LogP contribution in [0, 0.1) is 0 Å². The fourth-order valence-electron chi connectivity index (χ4n) is 2.64. The molecule has 0 aromatic heterocycles. The van der Waals surface area contributed by atoms with Crippen molar-refractivity contribution in [2.45, 2.75) is 9.79 Å². The Morgan fingerprint density at radius 1 is 0.964 bits per heavy atom. The minimum Gasteiger partial charge on any atom is -0.399 e. The molecule has 0 aliphatic heterocycles. The molecule has 0 aliphatic rings. The summed E-state index contributed by atoms with van der Waals surface area (Å²) in [5, 5.41) is 2.97. The fourth-order valence-corrected chi connectivity index (χ4v) is 4.12. The van der Waals surface area contributed by atoms with E-state index in [1.54, 1.807) is 12.1 Å². The van der Waals surface area contributed by atoms with E-state index in [0.29, 0.717) is 11.3 Å². The lowest BCUT2D eigenvalue weighted by atomic mass is 10.1. The zero-order valence-corrected chi connectivity index (χ0v) is 16.2. The van der Waals surface area contributed by atoms with E-state index in [1.807, 2.05) is 0 Å². The fraction of sp³-hybridized carbons (Fsp3) is 0.0556. The van der Waals surface area contributed by atoms with Gasteiger partial charge in [0.15, 0.2) is 9.84 Å². The van der Waals surface area contributed by atoms with Crippen molar-refractivity contribution in [3.8, 4) is 0 Å². The van der Waals surface area contributed by atoms with Crippen LogP contribution in [0.15, 0.2) is 64.4 Å². The molecule has 0 unspecified atom stereocenters. The molecule has 0 fully saturated rings. The highest BCUT2D eigenvalue weighted by Gasteiger charge is 2.20. The lowest BCUT2D eigenvalue weighted by molar-refractivity contribution is 0.102. The molecule has 0 radical (unpaired) electrons. The number of hydrogen-bond acceptors (Lipinski definition) is 6. The van der Waals surface area contributed by atoms with Crippen molar-refractivity contribution in [3.05, 3.63) is 60.2 Å². The van der Waals surface area contributed by atoms with Crippen LogP contribution in [-0.4, -0.2) is 33.6 Å². The van der Waals surface area contributed by atoms with Gasteiger partial charge in [-0.3, -0.25) is 9.35 Å². The molecule has 3 rings (SSSR count). The van der Waals surface area contributed by atoms with Gasteiger partial charge in [-0.1, -0.05) is 6.07 Å². The van der Waals surface area contributed by atoms with Gasteiger partial charge in [0.05, 0.1) is 4.90 Å². The summed E-state index contributed by atoms with van der Waals surface area (Å²) in [5.41, 5.74) is 6.70. The number of anilines is 2. The maximum Gasteiger partial charge on any atom is 0.295 e. The molecule has 0 heterocycles. The first-order valence-corrected chi connectivity index (χ1v) is 11.2. The van der Waals surface area contributed by atoms with Crippen molar-refractivity contribution in [2.75, 3.05) is 17.3 Å². The van der Waals surface area contributed by atoms with Crippen molar-refractivity contribution in [1.29, 1.82) is 0 Å². The normalized spacial score (nSPS) is 12.1. The van der Waals surface area contributed by atoms with Gasteiger partial charge in [-0.15, -0.1) is 0 Å². The molecule has 0 atom stereocenters. The van der Waals surface area contributed by atoms with E-state index >= 15 is 0 Å². The highest BCUT2D eigenvalue weighted by Crippen LogP contribution is 2.29. The quantitative estimate of drug-likeness (QED) is 0.434. The Kier molecular flexibility index (Phi) is 4.88. The molecule has 4 N–H and O–H groups in total. The minimum atomic E-state index is -4.71. The monoisotopic (exact) mass is 420 g/mol. The Morgan fingerprint density at radius 2 is 1.61 bits per heavy atom. The molecular formula is C18H16N2O6S2. The molecule has 28 heavy (non-hydrogen) atoms. The van der Waals surface area contributed by atoms with Crippen molar-refractivity contribution in [2.24, 2.45) is 0 Å². The third-order valence-electron chi connectivity index (χ3n) is 4.03. The molecule has 0 spiro atoms. The number of nitrogens with two attached hydrogens (primary N) is 1. The van der Waals surface area contributed by atoms with Gasteiger partial charge in [0.2, 0.25) is 0 Å². The minimum absolute atomic E-state index is 0.0741. The van der Waals surface area contributed by atoms with Crippen LogP contribution in [0.5, 0.6) is 0 Å². The van der Waals surface area contributed by atoms with Gasteiger partial charge in [-0.25, -0.2) is 8.42 Å². The summed E-state index contributed by atoms with van der Waals surface area (Å²) < 4.78 is 56.7. The number of nitrogen functional groups attached to an aromatic ring is 1. The Balaban J connectivity index is 2.10. The molecule has 0 aliphatic carbocycles. The summed E-state index contributed by atoms with van der Waals surface area (Å²) in [6.07, 6.45) is 0.934. The second-order valence-electron chi connectivity index (χ2n) is 6.18. The third kappa shape index (κ3) is 4.14. The van der Waals surface area contributed by atoms with Crippen LogP contribution in [0.2, 0.25) is 0 Å². The molecule has 146 valence electrons. The molecule has 0 saturated heterocycles. The van der Waals surface area contributed by atoms with Gasteiger partial charge >= 0.3 is 0 Å². The number of carbonyl (C=O) groups is 1. The van der Waals surface area contributed by atoms with Crippen LogP contribution in [0.4, 0.5) is 11.4 Å². The predicted octanol–water partition coefficient (Wildman–Crippen LogP) is 2.32. The largest absolute Gasteiger partial charge is 0.399 e. The molecular weight excluding hydrogens is 404 g/mol. The third-order valence-corrected chi connectivity index (χ3v) is 6.01. The molecule has 1 amide bonds. The number of benzene rings is 3. The Labute approximate surface area is 161 Å². The molecule has 8 nitrogen and oxygen atoms in total. The van der Waals surface area contributed by atoms with Gasteiger partial charge in [0.1, 0.15) is 4.90 Å². The van der Waals surface area contributed by atoms with Crippen LogP contribution >= 0.6 is 0 Å². The van der Waals surface area contributed by atoms with Crippen molar-refractivity contribution in [3.63, 3.8) is 0 Å². The van der Waals surface area contributed by atoms with E-state index in [2.05, 4.69) is 5.32 Å². The van der Waals surface area contributed by atoms with E-state index in [9.17, 15) is 26.2 Å². The highest BCUT2D eigenvalue weighted by atomic mass is 32.2. The van der Waals surface area contributed by atoms with E-state index in [0.717, 1.165) is 12.3 Å². The second-order valence-corrected chi connectivity index (χ2v) is 9.59. The van der Waals surface area contributed by atoms with Gasteiger partial charge in [-0.05, 0) is 53.9 Å². The van der Waals surface area contributed by atoms with Crippen LogP contribution in [0.25, 0.3) is 10.8 Å². The zero-order valence-electron chi connectivity index (χ0n) is 14.6. The van der Waals surface area contributed by atoms with Gasteiger partial charge in [0, 0.05) is 28.6 Å². The zero-order chi connectivity index (χ0) is 20.7. The topological polar surface area (TPSA) is 144 Å². The Morgan fingerprint density at radius 3 is 2.18 bits per heavy atom. The maximum atomic E-state index is 12.3. The number of fused-ring (bicyclic) bond motifs is 1. The first-order chi connectivity index (χ1) is 12.9. The summed E-state index contributed by atoms with van der Waals surface area (Å²) in [5.74, 6) is -0.444. The van der Waals surface area contributed by atoms with Crippen LogP contribution in [0.3, 0.4) is 0 Å². The average molecular weight is 420 g/mol. The van der Waals surface area contributed by atoms with Crippen LogP contribution < -0.4 is 11.1 Å². The number of nitrogens with one attached hydrogen (secondary N) is 1. The number of sulfone groups is 1. The maximum absolute atomic E-state index is 12.3. The van der Waals surface area contributed by atoms with Crippen LogP contribution in [-0.2, 0) is 20.0 Å². The highest BCUT2D eigenvalue weighted by molar-refractivity contribution is 7.90. The van der Waals surface area contributed by atoms with Gasteiger partial charge in [0.25, 0.3) is 16.0 Å². The predicted molar refractivity (Wildman–Crippen MR) is 106 cm³/mol. The molecule has 0 bridgehead atoms. The SMILES string of the molecule is CS(=O)(=O)c1cc(S(=O)(=O)O)c2cc(NC(=O)c3ccc(N)cc3)ccc2c1. The summed E-state index contributed by atoms with van der Waals surface area (Å²) in [6.45, 7) is 0. The molecule has 3 aromatic carbocycles. The van der Waals surface area contributed by atoms with E-state index in [4.69, 9.17) is 5.73 Å². The molecule has 0 saturated carbocycles. The lowest BCUT2D eigenvalue weighted by Gasteiger charge is -2.11. The summed E-state index contributed by atoms with van der Waals surface area (Å²) in [4.78, 5) is 11.5. The number of amides is 1. The van der Waals surface area contributed by atoms with Crippen LogP contribution in [0.1, 0.15) is 10.4 Å². The van der Waals surface area contributed by atoms with Crippen molar-refractivity contribution in [1.82, 2.24) is 0 Å². The summed E-state index contributed by atoms with van der Waals surface area (Å²) in [7, 11) is -8.41. The van der Waals surface area contributed by atoms with Gasteiger partial charge in [-0.2, -0.15) is 8.42 Å². The van der Waals surface area contributed by atoms with E-state index < -0.39 is 30.8 Å². The summed E-state index contributed by atoms with van der Waals surface area (Å²) >= 11 is 0. The van der Waals surface area contributed by atoms with Crippen molar-refractivity contribution < 1.29 is 26.2 Å². The van der Waals surface area contributed by atoms with Crippen molar-refractivity contribution >= 4 is 48.0 Å². The molecule has 10 heteroatoms. The first-order valence-electron chi connectivity index (χ1n) is 7.87. The smallest absolute Gasteiger partial charge is 0.295 e. The molecule has 3 aromatic rings. The van der Waals surface area contributed by atoms with Gasteiger partial charge < -0.3 is 11.1 Å². The number of hydrogen-bond donors (Lipinski definition) is 3. The number of rotatable bonds is 4. The summed E-state index contributed by atoms with van der Waals surface area (Å²) in [6, 6.07) is 12.7. The second kappa shape index (κ2) is 6.89. The first kappa shape index (κ1) is 19.8.